The van der Waals surface area contributed by atoms with Gasteiger partial charge in [-0.2, -0.15) is 5.26 Å². The van der Waals surface area contributed by atoms with E-state index < -0.39 is 0 Å². The van der Waals surface area contributed by atoms with Gasteiger partial charge in [0.05, 0.1) is 18.0 Å². The smallest absolute Gasteiger partial charge is 0.140 e. The van der Waals surface area contributed by atoms with Crippen LogP contribution in [0.15, 0.2) is 55.1 Å². The van der Waals surface area contributed by atoms with E-state index in [1.807, 2.05) is 66.9 Å². The molecule has 4 aromatic rings. The number of imidazole rings is 1. The molecule has 3 aromatic heterocycles. The van der Waals surface area contributed by atoms with Crippen molar-refractivity contribution in [1.82, 2.24) is 19.5 Å². The Hall–Kier alpha value is -3.92. The minimum absolute atomic E-state index is 0.381. The van der Waals surface area contributed by atoms with Gasteiger partial charge in [0.2, 0.25) is 0 Å². The summed E-state index contributed by atoms with van der Waals surface area (Å²) in [7, 11) is 3.96. The molecule has 0 aliphatic heterocycles. The van der Waals surface area contributed by atoms with Crippen LogP contribution in [0, 0.1) is 18.3 Å². The van der Waals surface area contributed by atoms with Crippen LogP contribution in [-0.2, 0) is 13.7 Å². The quantitative estimate of drug-likeness (QED) is 0.519. The Balaban J connectivity index is 1.57. The number of hydrogen-bond acceptors (Lipinski definition) is 6. The number of hydrogen-bond donors (Lipinski definition) is 0. The first kappa shape index (κ1) is 18.4. The first-order valence-corrected chi connectivity index (χ1v) is 9.15. The van der Waals surface area contributed by atoms with Crippen molar-refractivity contribution in [2.75, 3.05) is 11.9 Å². The third-order valence-electron chi connectivity index (χ3n) is 4.89. The molecule has 29 heavy (non-hydrogen) atoms. The second-order valence-corrected chi connectivity index (χ2v) is 6.80. The van der Waals surface area contributed by atoms with Crippen LogP contribution < -0.4 is 9.64 Å². The highest BCUT2D eigenvalue weighted by Gasteiger charge is 2.13. The van der Waals surface area contributed by atoms with Gasteiger partial charge in [-0.05, 0) is 25.1 Å². The number of nitrogens with zero attached hydrogens (tertiary/aromatic N) is 6. The molecular weight excluding hydrogens is 364 g/mol. The lowest BCUT2D eigenvalue weighted by Crippen LogP contribution is -2.13. The molecule has 3 heterocycles. The van der Waals surface area contributed by atoms with E-state index >= 15 is 0 Å². The van der Waals surface area contributed by atoms with E-state index in [1.165, 1.54) is 0 Å². The highest BCUT2D eigenvalue weighted by molar-refractivity contribution is 5.79. The molecule has 0 aliphatic rings. The zero-order valence-electron chi connectivity index (χ0n) is 16.5. The van der Waals surface area contributed by atoms with Crippen molar-refractivity contribution in [2.24, 2.45) is 7.05 Å². The van der Waals surface area contributed by atoms with Gasteiger partial charge in [0.15, 0.2) is 0 Å². The Morgan fingerprint density at radius 1 is 1.14 bits per heavy atom. The minimum Gasteiger partial charge on any atom is -0.488 e. The zero-order valence-corrected chi connectivity index (χ0v) is 16.5. The lowest BCUT2D eigenvalue weighted by Gasteiger charge is -2.22. The maximum atomic E-state index is 8.85. The molecule has 0 bridgehead atoms. The van der Waals surface area contributed by atoms with E-state index in [4.69, 9.17) is 10.00 Å². The van der Waals surface area contributed by atoms with Crippen LogP contribution in [0.1, 0.15) is 16.8 Å². The number of nitriles is 1. The molecule has 0 aliphatic carbocycles. The fourth-order valence-corrected chi connectivity index (χ4v) is 3.19. The van der Waals surface area contributed by atoms with Crippen LogP contribution in [0.25, 0.3) is 11.0 Å². The summed E-state index contributed by atoms with van der Waals surface area (Å²) in [4.78, 5) is 15.0. The van der Waals surface area contributed by atoms with Gasteiger partial charge in [0, 0.05) is 43.2 Å². The van der Waals surface area contributed by atoms with Gasteiger partial charge in [-0.25, -0.2) is 15.0 Å². The van der Waals surface area contributed by atoms with Crippen molar-refractivity contribution < 1.29 is 4.74 Å². The second kappa shape index (κ2) is 7.60. The second-order valence-electron chi connectivity index (χ2n) is 6.80. The highest BCUT2D eigenvalue weighted by atomic mass is 16.5. The normalized spacial score (nSPS) is 10.7. The summed E-state index contributed by atoms with van der Waals surface area (Å²) >= 11 is 0. The number of fused-ring (bicyclic) bond motifs is 1. The average Bonchev–Trinajstić information content (AvgIpc) is 3.13. The monoisotopic (exact) mass is 384 g/mol. The first-order valence-electron chi connectivity index (χ1n) is 9.15. The molecular formula is C22H20N6O. The van der Waals surface area contributed by atoms with Gasteiger partial charge in [0.1, 0.15) is 35.5 Å². The van der Waals surface area contributed by atoms with Crippen LogP contribution >= 0.6 is 0 Å². The number of aryl methyl sites for hydroxylation is 1. The van der Waals surface area contributed by atoms with E-state index in [2.05, 4.69) is 15.0 Å². The molecule has 144 valence electrons. The molecule has 0 amide bonds. The fraction of sp³-hybridized carbons (Fsp3) is 0.182. The van der Waals surface area contributed by atoms with Gasteiger partial charge < -0.3 is 14.2 Å². The number of pyridine rings is 2. The molecule has 0 N–H and O–H groups in total. The number of benzene rings is 1. The molecule has 0 atom stereocenters. The Kier molecular flexibility index (Phi) is 4.83. The molecule has 0 unspecified atom stereocenters. The van der Waals surface area contributed by atoms with Crippen molar-refractivity contribution in [1.29, 1.82) is 5.26 Å². The van der Waals surface area contributed by atoms with Crippen molar-refractivity contribution in [3.63, 3.8) is 0 Å². The van der Waals surface area contributed by atoms with Crippen molar-refractivity contribution in [2.45, 2.75) is 13.5 Å². The van der Waals surface area contributed by atoms with E-state index in [0.29, 0.717) is 12.3 Å². The summed E-state index contributed by atoms with van der Waals surface area (Å²) in [5.41, 5.74) is 5.23. The van der Waals surface area contributed by atoms with Crippen molar-refractivity contribution in [3.8, 4) is 11.8 Å². The Bertz CT molecular complexity index is 1210. The summed E-state index contributed by atoms with van der Waals surface area (Å²) in [6.45, 7) is 2.41. The van der Waals surface area contributed by atoms with Crippen LogP contribution in [0.4, 0.5) is 11.5 Å². The predicted octanol–water partition coefficient (Wildman–Crippen LogP) is 3.89. The topological polar surface area (TPSA) is 79.9 Å². The highest BCUT2D eigenvalue weighted by Crippen LogP contribution is 2.32. The predicted molar refractivity (Wildman–Crippen MR) is 111 cm³/mol. The number of aromatic nitrogens is 4. The summed E-state index contributed by atoms with van der Waals surface area (Å²) < 4.78 is 7.99. The van der Waals surface area contributed by atoms with E-state index in [9.17, 15) is 0 Å². The van der Waals surface area contributed by atoms with Crippen LogP contribution in [0.3, 0.4) is 0 Å². The minimum atomic E-state index is 0.381. The lowest BCUT2D eigenvalue weighted by atomic mass is 10.1. The van der Waals surface area contributed by atoms with Gasteiger partial charge >= 0.3 is 0 Å². The maximum absolute atomic E-state index is 8.85. The van der Waals surface area contributed by atoms with Crippen LogP contribution in [0.5, 0.6) is 5.75 Å². The molecule has 1 aromatic carbocycles. The lowest BCUT2D eigenvalue weighted by molar-refractivity contribution is 0.304. The van der Waals surface area contributed by atoms with E-state index in [0.717, 1.165) is 39.4 Å². The maximum Gasteiger partial charge on any atom is 0.140 e. The van der Waals surface area contributed by atoms with E-state index in [-0.39, 0.29) is 0 Å². The summed E-state index contributed by atoms with van der Waals surface area (Å²) in [6, 6.07) is 13.5. The number of anilines is 2. The molecule has 4 rings (SSSR count). The van der Waals surface area contributed by atoms with Crippen LogP contribution in [-0.4, -0.2) is 26.6 Å². The third kappa shape index (κ3) is 3.60. The van der Waals surface area contributed by atoms with Crippen molar-refractivity contribution >= 4 is 22.5 Å². The summed E-state index contributed by atoms with van der Waals surface area (Å²) in [5.74, 6) is 1.62. The summed E-state index contributed by atoms with van der Waals surface area (Å²) in [5, 5.41) is 8.85. The molecule has 0 spiro atoms. The standard InChI is InChI=1S/C22H20N6O/c1-15-19(28(3)22-9-20-18(12-25-22)26-14-27(20)2)5-4-6-21(15)29-13-16-7-8-17(10-23)24-11-16/h4-9,11-12,14H,13H2,1-3H3. The molecule has 0 radical (unpaired) electrons. The molecule has 0 saturated heterocycles. The fourth-order valence-electron chi connectivity index (χ4n) is 3.19. The van der Waals surface area contributed by atoms with Gasteiger partial charge in [-0.15, -0.1) is 0 Å². The molecule has 7 heteroatoms. The van der Waals surface area contributed by atoms with Gasteiger partial charge in [-0.1, -0.05) is 12.1 Å². The van der Waals surface area contributed by atoms with Gasteiger partial charge in [0.25, 0.3) is 0 Å². The Labute approximate surface area is 168 Å². The van der Waals surface area contributed by atoms with Crippen molar-refractivity contribution in [3.05, 3.63) is 71.9 Å². The molecule has 0 saturated carbocycles. The summed E-state index contributed by atoms with van der Waals surface area (Å²) in [6.07, 6.45) is 5.24. The number of rotatable bonds is 5. The van der Waals surface area contributed by atoms with Gasteiger partial charge in [-0.3, -0.25) is 0 Å². The first-order chi connectivity index (χ1) is 14.1. The third-order valence-corrected chi connectivity index (χ3v) is 4.89. The van der Waals surface area contributed by atoms with Crippen LogP contribution in [0.2, 0.25) is 0 Å². The molecule has 0 fully saturated rings. The SMILES string of the molecule is Cc1c(OCc2ccc(C#N)nc2)cccc1N(C)c1cc2c(cn1)ncn2C. The Morgan fingerprint density at radius 2 is 2.00 bits per heavy atom. The zero-order chi connectivity index (χ0) is 20.4. The molecule has 7 nitrogen and oxygen atoms in total. The Morgan fingerprint density at radius 3 is 2.76 bits per heavy atom. The van der Waals surface area contributed by atoms with E-state index in [1.54, 1.807) is 24.8 Å². The largest absolute Gasteiger partial charge is 0.488 e. The number of ether oxygens (including phenoxy) is 1. The average molecular weight is 384 g/mol.